The maximum absolute atomic E-state index is 13.0. The Kier molecular flexibility index (Phi) is 6.75. The molecule has 3 heterocycles. The van der Waals surface area contributed by atoms with Crippen molar-refractivity contribution in [3.05, 3.63) is 46.9 Å². The lowest BCUT2D eigenvalue weighted by Gasteiger charge is -2.41. The molecular formula is C26H31N7O4S. The Bertz CT molecular complexity index is 1570. The van der Waals surface area contributed by atoms with Gasteiger partial charge < -0.3 is 15.2 Å². The Balaban J connectivity index is 1.54. The smallest absolute Gasteiger partial charge is 0.261 e. The standard InChI is InChI=1S/C26H31N7O4S/c1-31(2)38(36,37)21-6-4-3-5-19(21)29-24-23-20(9-14-28-25(23)35)33(30-24)26(10-13-27)11-15-32(16-12-26)22(34)17-18-7-8-18/h3-6,9,14,18H,7-8,10-12,15-17H2,1-2H3,(H,28,35)(H,29,30). The van der Waals surface area contributed by atoms with E-state index in [9.17, 15) is 23.3 Å². The normalized spacial score (nSPS) is 17.5. The number of carbonyl (C=O) groups excluding carboxylic acids is 1. The molecule has 2 fully saturated rings. The summed E-state index contributed by atoms with van der Waals surface area (Å²) in [5.41, 5.74) is -0.275. The summed E-state index contributed by atoms with van der Waals surface area (Å²) in [7, 11) is -0.869. The van der Waals surface area contributed by atoms with E-state index in [0.29, 0.717) is 43.8 Å². The third-order valence-corrected chi connectivity index (χ3v) is 9.44. The number of hydrogen-bond donors (Lipinski definition) is 2. The molecule has 1 aliphatic carbocycles. The van der Waals surface area contributed by atoms with Crippen molar-refractivity contribution in [1.29, 1.82) is 5.26 Å². The second-order valence-electron chi connectivity index (χ2n) is 10.3. The first kappa shape index (κ1) is 25.9. The largest absolute Gasteiger partial charge is 0.343 e. The number of benzene rings is 1. The average Bonchev–Trinajstić information content (AvgIpc) is 3.63. The number of piperidine rings is 1. The Hall–Kier alpha value is -3.69. The van der Waals surface area contributed by atoms with Gasteiger partial charge in [0.25, 0.3) is 5.56 Å². The lowest BCUT2D eigenvalue weighted by atomic mass is 9.84. The molecule has 12 heteroatoms. The van der Waals surface area contributed by atoms with Crippen LogP contribution in [0.3, 0.4) is 0 Å². The number of anilines is 2. The van der Waals surface area contributed by atoms with E-state index in [4.69, 9.17) is 5.10 Å². The molecule has 1 aromatic carbocycles. The van der Waals surface area contributed by atoms with Gasteiger partial charge in [-0.25, -0.2) is 12.7 Å². The monoisotopic (exact) mass is 537 g/mol. The maximum Gasteiger partial charge on any atom is 0.261 e. The molecule has 3 aromatic rings. The van der Waals surface area contributed by atoms with Gasteiger partial charge in [-0.15, -0.1) is 0 Å². The Morgan fingerprint density at radius 2 is 1.95 bits per heavy atom. The summed E-state index contributed by atoms with van der Waals surface area (Å²) >= 11 is 0. The van der Waals surface area contributed by atoms with Gasteiger partial charge in [0, 0.05) is 39.8 Å². The summed E-state index contributed by atoms with van der Waals surface area (Å²) in [6.45, 7) is 1.01. The summed E-state index contributed by atoms with van der Waals surface area (Å²) in [6, 6.07) is 10.5. The third-order valence-electron chi connectivity index (χ3n) is 7.57. The maximum atomic E-state index is 13.0. The highest BCUT2D eigenvalue weighted by molar-refractivity contribution is 7.89. The van der Waals surface area contributed by atoms with Gasteiger partial charge in [-0.05, 0) is 49.8 Å². The molecule has 5 rings (SSSR count). The molecule has 2 N–H and O–H groups in total. The number of pyridine rings is 1. The lowest BCUT2D eigenvalue weighted by molar-refractivity contribution is -0.133. The van der Waals surface area contributed by atoms with E-state index >= 15 is 0 Å². The summed E-state index contributed by atoms with van der Waals surface area (Å²) in [4.78, 5) is 30.3. The Labute approximate surface area is 221 Å². The van der Waals surface area contributed by atoms with E-state index in [1.807, 2.05) is 4.90 Å². The summed E-state index contributed by atoms with van der Waals surface area (Å²) in [5, 5.41) is 17.9. The van der Waals surface area contributed by atoms with Crippen molar-refractivity contribution in [2.45, 2.75) is 49.0 Å². The molecule has 200 valence electrons. The van der Waals surface area contributed by atoms with E-state index < -0.39 is 15.6 Å². The van der Waals surface area contributed by atoms with Crippen LogP contribution >= 0.6 is 0 Å². The Morgan fingerprint density at radius 1 is 1.24 bits per heavy atom. The van der Waals surface area contributed by atoms with Gasteiger partial charge in [0.15, 0.2) is 5.82 Å². The molecule has 0 spiro atoms. The quantitative estimate of drug-likeness (QED) is 0.449. The minimum absolute atomic E-state index is 0.0503. The van der Waals surface area contributed by atoms with Gasteiger partial charge in [-0.2, -0.15) is 10.4 Å². The van der Waals surface area contributed by atoms with Crippen molar-refractivity contribution in [3.63, 3.8) is 0 Å². The SMILES string of the molecule is CN(C)S(=O)(=O)c1ccccc1Nc1nn(C2(CC#N)CCN(C(=O)CC3CC3)CC2)c2cc[nH]c(=O)c12. The summed E-state index contributed by atoms with van der Waals surface area (Å²) < 4.78 is 28.7. The van der Waals surface area contributed by atoms with Crippen molar-refractivity contribution >= 4 is 38.3 Å². The number of nitrogens with one attached hydrogen (secondary N) is 2. The fourth-order valence-corrected chi connectivity index (χ4v) is 6.17. The number of aromatic nitrogens is 3. The second kappa shape index (κ2) is 9.89. The number of rotatable bonds is 8. The number of nitrogens with zero attached hydrogens (tertiary/aromatic N) is 5. The number of likely N-dealkylation sites (tertiary alicyclic amines) is 1. The molecule has 2 aliphatic rings. The molecule has 11 nitrogen and oxygen atoms in total. The minimum Gasteiger partial charge on any atom is -0.343 e. The lowest BCUT2D eigenvalue weighted by Crippen LogP contribution is -2.48. The topological polar surface area (TPSA) is 144 Å². The van der Waals surface area contributed by atoms with Crippen LogP contribution in [-0.4, -0.2) is 65.5 Å². The van der Waals surface area contributed by atoms with Gasteiger partial charge in [0.1, 0.15) is 10.3 Å². The van der Waals surface area contributed by atoms with Crippen LogP contribution in [0.1, 0.15) is 38.5 Å². The molecule has 1 saturated heterocycles. The zero-order valence-electron chi connectivity index (χ0n) is 21.5. The first-order chi connectivity index (χ1) is 18.2. The summed E-state index contributed by atoms with van der Waals surface area (Å²) in [6.07, 6.45) is 5.53. The molecule has 0 atom stereocenters. The van der Waals surface area contributed by atoms with Crippen molar-refractivity contribution in [3.8, 4) is 6.07 Å². The van der Waals surface area contributed by atoms with Crippen molar-refractivity contribution in [2.24, 2.45) is 5.92 Å². The van der Waals surface area contributed by atoms with E-state index in [1.54, 1.807) is 28.9 Å². The summed E-state index contributed by atoms with van der Waals surface area (Å²) in [5.74, 6) is 0.858. The second-order valence-corrected chi connectivity index (χ2v) is 12.4. The van der Waals surface area contributed by atoms with E-state index in [1.165, 1.54) is 26.4 Å². The molecule has 0 unspecified atom stereocenters. The molecule has 38 heavy (non-hydrogen) atoms. The van der Waals surface area contributed by atoms with E-state index in [-0.39, 0.29) is 39.7 Å². The molecular weight excluding hydrogens is 506 g/mol. The van der Waals surface area contributed by atoms with E-state index in [2.05, 4.69) is 16.4 Å². The number of H-pyrrole nitrogens is 1. The first-order valence-corrected chi connectivity index (χ1v) is 14.1. The van der Waals surface area contributed by atoms with Gasteiger partial charge >= 0.3 is 0 Å². The van der Waals surface area contributed by atoms with Crippen LogP contribution in [0.25, 0.3) is 10.9 Å². The zero-order chi connectivity index (χ0) is 27.1. The number of hydrogen-bond acceptors (Lipinski definition) is 7. The number of fused-ring (bicyclic) bond motifs is 1. The van der Waals surface area contributed by atoms with Crippen LogP contribution in [0, 0.1) is 17.2 Å². The highest BCUT2D eigenvalue weighted by Crippen LogP contribution is 2.39. The predicted molar refractivity (Wildman–Crippen MR) is 142 cm³/mol. The fraction of sp³-hybridized carbons (Fsp3) is 0.462. The molecule has 2 aromatic heterocycles. The molecule has 0 bridgehead atoms. The van der Waals surface area contributed by atoms with Gasteiger partial charge in [0.05, 0.1) is 29.2 Å². The number of carbonyl (C=O) groups is 1. The average molecular weight is 538 g/mol. The third kappa shape index (κ3) is 4.68. The van der Waals surface area contributed by atoms with Gasteiger partial charge in [-0.1, -0.05) is 12.1 Å². The van der Waals surface area contributed by atoms with Gasteiger partial charge in [0.2, 0.25) is 15.9 Å². The van der Waals surface area contributed by atoms with Crippen LogP contribution in [-0.2, 0) is 20.4 Å². The van der Waals surface area contributed by atoms with Crippen LogP contribution in [0.15, 0.2) is 46.2 Å². The number of sulfonamides is 1. The van der Waals surface area contributed by atoms with Gasteiger partial charge in [-0.3, -0.25) is 14.3 Å². The molecule has 0 radical (unpaired) electrons. The molecule has 1 amide bonds. The number of nitriles is 1. The fourth-order valence-electron chi connectivity index (χ4n) is 5.13. The predicted octanol–water partition coefficient (Wildman–Crippen LogP) is 2.75. The van der Waals surface area contributed by atoms with Crippen molar-refractivity contribution in [2.75, 3.05) is 32.5 Å². The Morgan fingerprint density at radius 3 is 2.61 bits per heavy atom. The molecule has 1 aliphatic heterocycles. The van der Waals surface area contributed by atoms with Crippen LogP contribution in [0.5, 0.6) is 0 Å². The molecule has 1 saturated carbocycles. The van der Waals surface area contributed by atoms with Crippen molar-refractivity contribution < 1.29 is 13.2 Å². The highest BCUT2D eigenvalue weighted by atomic mass is 32.2. The number of amides is 1. The van der Waals surface area contributed by atoms with Crippen LogP contribution < -0.4 is 10.9 Å². The zero-order valence-corrected chi connectivity index (χ0v) is 22.3. The number of para-hydroxylation sites is 1. The highest BCUT2D eigenvalue weighted by Gasteiger charge is 2.41. The van der Waals surface area contributed by atoms with E-state index in [0.717, 1.165) is 17.1 Å². The number of aromatic amines is 1. The minimum atomic E-state index is -3.77. The van der Waals surface area contributed by atoms with Crippen LogP contribution in [0.2, 0.25) is 0 Å². The van der Waals surface area contributed by atoms with Crippen molar-refractivity contribution in [1.82, 2.24) is 24.0 Å². The first-order valence-electron chi connectivity index (χ1n) is 12.7. The van der Waals surface area contributed by atoms with Crippen LogP contribution in [0.4, 0.5) is 11.5 Å².